The Morgan fingerprint density at radius 1 is 1.24 bits per heavy atom. The van der Waals surface area contributed by atoms with Crippen LogP contribution in [0.25, 0.3) is 0 Å². The number of hydrogen-bond donors (Lipinski definition) is 2. The van der Waals surface area contributed by atoms with E-state index in [4.69, 9.17) is 9.47 Å². The van der Waals surface area contributed by atoms with Crippen molar-refractivity contribution in [1.29, 1.82) is 0 Å². The van der Waals surface area contributed by atoms with Crippen molar-refractivity contribution in [3.63, 3.8) is 0 Å². The highest BCUT2D eigenvalue weighted by atomic mass is 19.4. The fourth-order valence-electron chi connectivity index (χ4n) is 3.15. The van der Waals surface area contributed by atoms with E-state index in [1.54, 1.807) is 4.98 Å². The Hall–Kier alpha value is -2.43. The monoisotopic (exact) mass is 414 g/mol. The highest BCUT2D eigenvalue weighted by molar-refractivity contribution is 5.20. The smallest absolute Gasteiger partial charge is 0.390 e. The average Bonchev–Trinajstić information content (AvgIpc) is 3.00. The van der Waals surface area contributed by atoms with E-state index in [1.165, 1.54) is 0 Å². The number of ether oxygens (including phenoxy) is 2. The number of aliphatic hydroxyl groups is 1. The molecule has 0 amide bonds. The molecule has 0 unspecified atom stereocenters. The summed E-state index contributed by atoms with van der Waals surface area (Å²) >= 11 is 0. The van der Waals surface area contributed by atoms with E-state index in [0.717, 1.165) is 5.56 Å². The number of aromatic amines is 1. The normalized spacial score (nSPS) is 22.8. The third kappa shape index (κ3) is 4.60. The van der Waals surface area contributed by atoms with Crippen molar-refractivity contribution in [2.24, 2.45) is 0 Å². The van der Waals surface area contributed by atoms with Crippen LogP contribution in [0.1, 0.15) is 37.6 Å². The zero-order valence-electron chi connectivity index (χ0n) is 15.8. The van der Waals surface area contributed by atoms with Crippen LogP contribution in [0.3, 0.4) is 0 Å². The predicted molar refractivity (Wildman–Crippen MR) is 96.3 cm³/mol. The first-order chi connectivity index (χ1) is 13.5. The maximum absolute atomic E-state index is 13.0. The molecule has 3 rings (SSSR count). The molecule has 2 aromatic rings. The van der Waals surface area contributed by atoms with Gasteiger partial charge >= 0.3 is 11.9 Å². The maximum atomic E-state index is 13.0. The summed E-state index contributed by atoms with van der Waals surface area (Å²) in [6, 6.07) is 9.35. The van der Waals surface area contributed by atoms with Crippen LogP contribution in [-0.4, -0.2) is 33.5 Å². The van der Waals surface area contributed by atoms with Crippen LogP contribution in [0.4, 0.5) is 13.2 Å². The van der Waals surface area contributed by atoms with Crippen LogP contribution >= 0.6 is 0 Å². The highest BCUT2D eigenvalue weighted by Gasteiger charge is 2.39. The molecule has 3 atom stereocenters. The lowest BCUT2D eigenvalue weighted by atomic mass is 9.98. The topological polar surface area (TPSA) is 93.5 Å². The molecular weight excluding hydrogens is 393 g/mol. The van der Waals surface area contributed by atoms with Crippen LogP contribution in [0.5, 0.6) is 0 Å². The minimum absolute atomic E-state index is 0.0379. The Morgan fingerprint density at radius 3 is 2.52 bits per heavy atom. The molecule has 29 heavy (non-hydrogen) atoms. The highest BCUT2D eigenvalue weighted by Crippen LogP contribution is 2.32. The van der Waals surface area contributed by atoms with Crippen LogP contribution < -0.4 is 11.2 Å². The molecule has 1 saturated heterocycles. The zero-order chi connectivity index (χ0) is 21.4. The summed E-state index contributed by atoms with van der Waals surface area (Å²) in [6.45, 7) is 3.64. The molecule has 0 radical (unpaired) electrons. The second-order valence-electron chi connectivity index (χ2n) is 7.33. The van der Waals surface area contributed by atoms with Crippen molar-refractivity contribution in [2.75, 3.05) is 6.61 Å². The van der Waals surface area contributed by atoms with Crippen LogP contribution in [0.15, 0.2) is 46.1 Å². The summed E-state index contributed by atoms with van der Waals surface area (Å²) in [4.78, 5) is 25.0. The van der Waals surface area contributed by atoms with E-state index < -0.39 is 47.0 Å². The van der Waals surface area contributed by atoms with E-state index in [1.807, 2.05) is 44.2 Å². The SMILES string of the molecule is CC(C)(OC[C@H]1O[C@@H](n2cc(C(F)(F)F)c(=O)[nH]c2=O)C[C@@H]1O)c1ccccc1. The van der Waals surface area contributed by atoms with Crippen molar-refractivity contribution in [1.82, 2.24) is 9.55 Å². The molecule has 10 heteroatoms. The molecule has 158 valence electrons. The summed E-state index contributed by atoms with van der Waals surface area (Å²) in [6.07, 6.45) is -7.71. The molecule has 1 aromatic carbocycles. The molecule has 1 aromatic heterocycles. The third-order valence-electron chi connectivity index (χ3n) is 4.87. The van der Waals surface area contributed by atoms with Gasteiger partial charge in [-0.25, -0.2) is 4.79 Å². The Bertz CT molecular complexity index is 968. The number of halogens is 3. The number of hydrogen-bond acceptors (Lipinski definition) is 5. The molecule has 1 aliphatic rings. The van der Waals surface area contributed by atoms with Crippen LogP contribution in [-0.2, 0) is 21.3 Å². The second-order valence-corrected chi connectivity index (χ2v) is 7.33. The molecule has 0 bridgehead atoms. The summed E-state index contributed by atoms with van der Waals surface area (Å²) in [5, 5.41) is 10.2. The van der Waals surface area contributed by atoms with Gasteiger partial charge in [-0.3, -0.25) is 14.3 Å². The molecule has 2 heterocycles. The van der Waals surface area contributed by atoms with Gasteiger partial charge in [-0.1, -0.05) is 30.3 Å². The molecule has 1 fully saturated rings. The van der Waals surface area contributed by atoms with E-state index in [0.29, 0.717) is 10.8 Å². The Morgan fingerprint density at radius 2 is 1.90 bits per heavy atom. The summed E-state index contributed by atoms with van der Waals surface area (Å²) in [7, 11) is 0. The van der Waals surface area contributed by atoms with Gasteiger partial charge in [0.15, 0.2) is 0 Å². The van der Waals surface area contributed by atoms with E-state index in [-0.39, 0.29) is 13.0 Å². The third-order valence-corrected chi connectivity index (χ3v) is 4.87. The number of benzene rings is 1. The maximum Gasteiger partial charge on any atom is 0.423 e. The van der Waals surface area contributed by atoms with Gasteiger partial charge < -0.3 is 14.6 Å². The molecular formula is C19H21F3N2O5. The van der Waals surface area contributed by atoms with Gasteiger partial charge in [-0.15, -0.1) is 0 Å². The lowest BCUT2D eigenvalue weighted by Gasteiger charge is -2.28. The van der Waals surface area contributed by atoms with Crippen molar-refractivity contribution in [3.8, 4) is 0 Å². The first-order valence-electron chi connectivity index (χ1n) is 8.95. The first kappa shape index (κ1) is 21.3. The van der Waals surface area contributed by atoms with Gasteiger partial charge in [-0.2, -0.15) is 13.2 Å². The average molecular weight is 414 g/mol. The number of nitrogens with zero attached hydrogens (tertiary/aromatic N) is 1. The summed E-state index contributed by atoms with van der Waals surface area (Å²) in [5.41, 5.74) is -3.88. The van der Waals surface area contributed by atoms with Crippen molar-refractivity contribution in [3.05, 3.63) is 68.5 Å². The molecule has 0 spiro atoms. The van der Waals surface area contributed by atoms with E-state index in [2.05, 4.69) is 0 Å². The number of alkyl halides is 3. The number of aromatic nitrogens is 2. The quantitative estimate of drug-likeness (QED) is 0.782. The van der Waals surface area contributed by atoms with Gasteiger partial charge in [0.25, 0.3) is 5.56 Å². The molecule has 2 N–H and O–H groups in total. The van der Waals surface area contributed by atoms with Gasteiger partial charge in [0.05, 0.1) is 18.3 Å². The van der Waals surface area contributed by atoms with E-state index in [9.17, 15) is 27.9 Å². The number of H-pyrrole nitrogens is 1. The predicted octanol–water partition coefficient (Wildman–Crippen LogP) is 2.16. The minimum Gasteiger partial charge on any atom is -0.390 e. The number of aliphatic hydroxyl groups excluding tert-OH is 1. The van der Waals surface area contributed by atoms with Gasteiger partial charge in [0, 0.05) is 12.6 Å². The number of rotatable bonds is 5. The number of nitrogens with one attached hydrogen (secondary N) is 1. The fraction of sp³-hybridized carbons (Fsp3) is 0.474. The summed E-state index contributed by atoms with van der Waals surface area (Å²) in [5.74, 6) is 0. The Balaban J connectivity index is 1.75. The van der Waals surface area contributed by atoms with Crippen molar-refractivity contribution < 1.29 is 27.8 Å². The molecule has 1 aliphatic heterocycles. The second kappa shape index (κ2) is 7.77. The largest absolute Gasteiger partial charge is 0.423 e. The lowest BCUT2D eigenvalue weighted by Crippen LogP contribution is -2.36. The zero-order valence-corrected chi connectivity index (χ0v) is 15.8. The molecule has 7 nitrogen and oxygen atoms in total. The van der Waals surface area contributed by atoms with Gasteiger partial charge in [0.2, 0.25) is 0 Å². The Kier molecular flexibility index (Phi) is 5.70. The first-order valence-corrected chi connectivity index (χ1v) is 8.95. The van der Waals surface area contributed by atoms with Gasteiger partial charge in [0.1, 0.15) is 17.9 Å². The van der Waals surface area contributed by atoms with Crippen molar-refractivity contribution in [2.45, 2.75) is 50.5 Å². The summed E-state index contributed by atoms with van der Waals surface area (Å²) < 4.78 is 51.0. The van der Waals surface area contributed by atoms with Crippen LogP contribution in [0, 0.1) is 0 Å². The molecule has 0 saturated carbocycles. The van der Waals surface area contributed by atoms with Crippen LogP contribution in [0.2, 0.25) is 0 Å². The van der Waals surface area contributed by atoms with E-state index >= 15 is 0 Å². The lowest BCUT2D eigenvalue weighted by molar-refractivity contribution is -0.140. The standard InChI is InChI=1S/C19H21F3N2O5/c1-18(2,11-6-4-3-5-7-11)28-10-14-13(25)8-15(29-14)24-9-12(19(20,21)22)16(26)23-17(24)27/h3-7,9,13-15,25H,8,10H2,1-2H3,(H,23,26,27)/t13-,14+,15+/m0/s1. The van der Waals surface area contributed by atoms with Crippen molar-refractivity contribution >= 4 is 0 Å². The Labute approximate surface area is 163 Å². The molecule has 0 aliphatic carbocycles. The minimum atomic E-state index is -4.93. The fourth-order valence-corrected chi connectivity index (χ4v) is 3.15. The van der Waals surface area contributed by atoms with Gasteiger partial charge in [-0.05, 0) is 19.4 Å².